The van der Waals surface area contributed by atoms with Crippen LogP contribution in [-0.2, 0) is 0 Å². The van der Waals surface area contributed by atoms with E-state index in [1.807, 2.05) is 66.7 Å². The first kappa shape index (κ1) is 27.4. The van der Waals surface area contributed by atoms with Gasteiger partial charge in [-0.15, -0.1) is 16.4 Å². The lowest BCUT2D eigenvalue weighted by Crippen LogP contribution is -2.14. The van der Waals surface area contributed by atoms with E-state index in [0.717, 1.165) is 21.5 Å². The minimum Gasteiger partial charge on any atom is -0.497 e. The molecular formula is C33H24ClN7O2S. The molecule has 44 heavy (non-hydrogen) atoms. The number of hydrogen-bond acceptors (Lipinski definition) is 8. The van der Waals surface area contributed by atoms with Crippen molar-refractivity contribution in [3.63, 3.8) is 0 Å². The number of halogens is 1. The Morgan fingerprint density at radius 2 is 1.61 bits per heavy atom. The number of para-hydroxylation sites is 2. The van der Waals surface area contributed by atoms with Crippen molar-refractivity contribution in [1.82, 2.24) is 19.6 Å². The maximum Gasteiger partial charge on any atom is 0.263 e. The number of fused-ring (bicyclic) bond motifs is 2. The summed E-state index contributed by atoms with van der Waals surface area (Å²) in [4.78, 5) is 23.6. The van der Waals surface area contributed by atoms with Crippen molar-refractivity contribution in [2.45, 2.75) is 0 Å². The van der Waals surface area contributed by atoms with Gasteiger partial charge in [0.05, 0.1) is 28.6 Å². The highest BCUT2D eigenvalue weighted by atomic mass is 35.5. The second-order valence-electron chi connectivity index (χ2n) is 9.85. The zero-order valence-electron chi connectivity index (χ0n) is 23.3. The van der Waals surface area contributed by atoms with Crippen LogP contribution in [-0.4, -0.2) is 32.6 Å². The summed E-state index contributed by atoms with van der Waals surface area (Å²) in [7, 11) is 1.59. The number of ether oxygens (including phenoxy) is 1. The van der Waals surface area contributed by atoms with Crippen LogP contribution in [0.15, 0.2) is 103 Å². The van der Waals surface area contributed by atoms with Crippen LogP contribution >= 0.6 is 22.9 Å². The topological polar surface area (TPSA) is 119 Å². The minimum atomic E-state index is -0.412. The fraction of sp³-hybridized carbons (Fsp3) is 0.0303. The summed E-state index contributed by atoms with van der Waals surface area (Å²) in [5, 5.41) is 12.5. The highest BCUT2D eigenvalue weighted by Crippen LogP contribution is 2.41. The zero-order chi connectivity index (χ0) is 30.2. The molecule has 3 heterocycles. The number of aromatic nitrogens is 4. The van der Waals surface area contributed by atoms with Crippen LogP contribution < -0.4 is 21.1 Å². The van der Waals surface area contributed by atoms with Crippen molar-refractivity contribution in [3.8, 4) is 27.6 Å². The SMILES string of the molecule is COc1ccc(NC(=O)c2c(Nc3ccccc3)nn3c(-c4ccc(Cl)cc4)c(-c4nc5ccccc5s4)c(N)nc23)cc1. The van der Waals surface area contributed by atoms with Crippen LogP contribution in [0.2, 0.25) is 5.02 Å². The van der Waals surface area contributed by atoms with Gasteiger partial charge in [-0.3, -0.25) is 4.79 Å². The van der Waals surface area contributed by atoms with E-state index >= 15 is 0 Å². The van der Waals surface area contributed by atoms with Gasteiger partial charge < -0.3 is 21.1 Å². The third-order valence-corrected chi connectivity index (χ3v) is 8.33. The van der Waals surface area contributed by atoms with Crippen molar-refractivity contribution >= 4 is 67.7 Å². The Balaban J connectivity index is 1.47. The summed E-state index contributed by atoms with van der Waals surface area (Å²) in [6.07, 6.45) is 0. The van der Waals surface area contributed by atoms with E-state index in [1.165, 1.54) is 11.3 Å². The molecule has 9 nitrogen and oxygen atoms in total. The summed E-state index contributed by atoms with van der Waals surface area (Å²) in [6, 6.07) is 31.8. The monoisotopic (exact) mass is 617 g/mol. The van der Waals surface area contributed by atoms with Gasteiger partial charge in [0.1, 0.15) is 22.1 Å². The number of rotatable bonds is 7. The molecule has 1 amide bonds. The number of nitrogens with zero attached hydrogens (tertiary/aromatic N) is 4. The molecule has 0 unspecified atom stereocenters. The molecule has 11 heteroatoms. The molecule has 0 aliphatic carbocycles. The minimum absolute atomic E-state index is 0.214. The Labute approximate surface area is 260 Å². The number of thiazole rings is 1. The standard InChI is InChI=1S/C33H24ClN7O2S/c1-43-23-17-15-22(16-18-23)37-32(42)27-30(36-21-7-3-2-4-8-21)40-41-28(19-11-13-20(34)14-12-19)26(29(35)39-31(27)41)33-38-24-9-5-6-10-25(24)44-33/h2-18H,1H3,(H2,35,39)(H,36,40)(H,37,42). The maximum atomic E-state index is 14.0. The molecule has 0 radical (unpaired) electrons. The number of nitrogens with one attached hydrogen (secondary N) is 2. The van der Waals surface area contributed by atoms with Crippen LogP contribution in [0, 0.1) is 0 Å². The number of nitrogen functional groups attached to an aromatic ring is 1. The highest BCUT2D eigenvalue weighted by Gasteiger charge is 2.28. The van der Waals surface area contributed by atoms with Crippen molar-refractivity contribution in [3.05, 3.63) is 114 Å². The lowest BCUT2D eigenvalue weighted by molar-refractivity contribution is 0.102. The Bertz CT molecular complexity index is 2110. The molecule has 0 fully saturated rings. The number of methoxy groups -OCH3 is 1. The molecule has 4 aromatic carbocycles. The highest BCUT2D eigenvalue weighted by molar-refractivity contribution is 7.21. The predicted molar refractivity (Wildman–Crippen MR) is 177 cm³/mol. The van der Waals surface area contributed by atoms with Crippen LogP contribution in [0.4, 0.5) is 23.0 Å². The van der Waals surface area contributed by atoms with Gasteiger partial charge in [0.2, 0.25) is 0 Å². The molecular weight excluding hydrogens is 594 g/mol. The van der Waals surface area contributed by atoms with Gasteiger partial charge in [0, 0.05) is 22.0 Å². The first-order chi connectivity index (χ1) is 21.5. The number of amides is 1. The van der Waals surface area contributed by atoms with Gasteiger partial charge >= 0.3 is 0 Å². The number of anilines is 4. The number of hydrogen-bond donors (Lipinski definition) is 3. The fourth-order valence-corrected chi connectivity index (χ4v) is 6.10. The van der Waals surface area contributed by atoms with Crippen molar-refractivity contribution in [2.75, 3.05) is 23.5 Å². The first-order valence-corrected chi connectivity index (χ1v) is 14.8. The van der Waals surface area contributed by atoms with Gasteiger partial charge in [-0.1, -0.05) is 54.1 Å². The third kappa shape index (κ3) is 5.06. The number of benzene rings is 4. The molecule has 4 N–H and O–H groups in total. The van der Waals surface area contributed by atoms with E-state index in [4.69, 9.17) is 37.1 Å². The summed E-state index contributed by atoms with van der Waals surface area (Å²) in [5.41, 5.74) is 11.4. The van der Waals surface area contributed by atoms with E-state index in [2.05, 4.69) is 10.6 Å². The molecule has 0 saturated heterocycles. The van der Waals surface area contributed by atoms with Gasteiger partial charge in [-0.05, 0) is 60.7 Å². The predicted octanol–water partition coefficient (Wildman–Crippen LogP) is 7.91. The second kappa shape index (κ2) is 11.3. The lowest BCUT2D eigenvalue weighted by Gasteiger charge is -2.13. The maximum absolute atomic E-state index is 14.0. The molecule has 0 aliphatic rings. The molecule has 0 atom stereocenters. The fourth-order valence-electron chi connectivity index (χ4n) is 4.95. The van der Waals surface area contributed by atoms with Crippen LogP contribution in [0.5, 0.6) is 5.75 Å². The Morgan fingerprint density at radius 3 is 2.34 bits per heavy atom. The van der Waals surface area contributed by atoms with Crippen LogP contribution in [0.3, 0.4) is 0 Å². The quantitative estimate of drug-likeness (QED) is 0.166. The van der Waals surface area contributed by atoms with E-state index in [1.54, 1.807) is 48.0 Å². The van der Waals surface area contributed by atoms with Gasteiger partial charge in [0.15, 0.2) is 11.5 Å². The Kier molecular flexibility index (Phi) is 7.05. The van der Waals surface area contributed by atoms with E-state index < -0.39 is 5.91 Å². The van der Waals surface area contributed by atoms with Crippen LogP contribution in [0.1, 0.15) is 10.4 Å². The Morgan fingerprint density at radius 1 is 0.886 bits per heavy atom. The average molecular weight is 618 g/mol. The molecule has 3 aromatic heterocycles. The van der Waals surface area contributed by atoms with Gasteiger partial charge in [-0.2, -0.15) is 0 Å². The number of carbonyl (C=O) groups excluding carboxylic acids is 1. The van der Waals surface area contributed by atoms with E-state index in [-0.39, 0.29) is 17.0 Å². The molecule has 216 valence electrons. The van der Waals surface area contributed by atoms with Gasteiger partial charge in [0.25, 0.3) is 5.91 Å². The molecule has 0 spiro atoms. The summed E-state index contributed by atoms with van der Waals surface area (Å²) >= 11 is 7.78. The number of carbonyl (C=O) groups is 1. The molecule has 7 aromatic rings. The van der Waals surface area contributed by atoms with Gasteiger partial charge in [-0.25, -0.2) is 14.5 Å². The summed E-state index contributed by atoms with van der Waals surface area (Å²) < 4.78 is 7.92. The average Bonchev–Trinajstić information content (AvgIpc) is 3.62. The molecule has 7 rings (SSSR count). The Hall–Kier alpha value is -5.45. The first-order valence-electron chi connectivity index (χ1n) is 13.6. The lowest BCUT2D eigenvalue weighted by atomic mass is 10.1. The van der Waals surface area contributed by atoms with Crippen molar-refractivity contribution < 1.29 is 9.53 Å². The second-order valence-corrected chi connectivity index (χ2v) is 11.3. The van der Waals surface area contributed by atoms with Crippen molar-refractivity contribution in [1.29, 1.82) is 0 Å². The largest absolute Gasteiger partial charge is 0.497 e. The third-order valence-electron chi connectivity index (χ3n) is 7.03. The van der Waals surface area contributed by atoms with E-state index in [0.29, 0.717) is 38.5 Å². The smallest absolute Gasteiger partial charge is 0.263 e. The number of nitrogens with two attached hydrogens (primary N) is 1. The van der Waals surface area contributed by atoms with E-state index in [9.17, 15) is 4.79 Å². The van der Waals surface area contributed by atoms with Crippen LogP contribution in [0.25, 0.3) is 37.7 Å². The molecule has 0 aliphatic heterocycles. The normalized spacial score (nSPS) is 11.1. The molecule has 0 saturated carbocycles. The zero-order valence-corrected chi connectivity index (χ0v) is 24.9. The summed E-state index contributed by atoms with van der Waals surface area (Å²) in [6.45, 7) is 0. The molecule has 0 bridgehead atoms. The van der Waals surface area contributed by atoms with Crippen molar-refractivity contribution in [2.24, 2.45) is 0 Å². The summed E-state index contributed by atoms with van der Waals surface area (Å²) in [5.74, 6) is 0.789.